The minimum absolute atomic E-state index is 0.579. The third kappa shape index (κ3) is 2.30. The first kappa shape index (κ1) is 10.9. The quantitative estimate of drug-likeness (QED) is 0.756. The SMILES string of the molecule is CCCCN(c1nnccc1C#N)C1CC1. The monoisotopic (exact) mass is 216 g/mol. The molecule has 84 valence electrons. The molecule has 0 amide bonds. The largest absolute Gasteiger partial charge is 0.351 e. The van der Waals surface area contributed by atoms with Gasteiger partial charge in [0.1, 0.15) is 6.07 Å². The molecular formula is C12H16N4. The first-order valence-electron chi connectivity index (χ1n) is 5.85. The van der Waals surface area contributed by atoms with Gasteiger partial charge in [0.2, 0.25) is 0 Å². The number of anilines is 1. The molecule has 0 spiro atoms. The third-order valence-corrected chi connectivity index (χ3v) is 2.83. The van der Waals surface area contributed by atoms with E-state index < -0.39 is 0 Å². The Morgan fingerprint density at radius 3 is 3.00 bits per heavy atom. The lowest BCUT2D eigenvalue weighted by atomic mass is 10.2. The van der Waals surface area contributed by atoms with Gasteiger partial charge in [-0.15, -0.1) is 5.10 Å². The second-order valence-corrected chi connectivity index (χ2v) is 4.16. The van der Waals surface area contributed by atoms with Crippen LogP contribution in [0.1, 0.15) is 38.2 Å². The van der Waals surface area contributed by atoms with E-state index in [0.29, 0.717) is 11.6 Å². The van der Waals surface area contributed by atoms with Crippen LogP contribution in [0.2, 0.25) is 0 Å². The fraction of sp³-hybridized carbons (Fsp3) is 0.583. The second kappa shape index (κ2) is 4.93. The second-order valence-electron chi connectivity index (χ2n) is 4.16. The van der Waals surface area contributed by atoms with Crippen LogP contribution in [0.5, 0.6) is 0 Å². The van der Waals surface area contributed by atoms with Gasteiger partial charge in [0.25, 0.3) is 0 Å². The van der Waals surface area contributed by atoms with E-state index in [4.69, 9.17) is 5.26 Å². The van der Waals surface area contributed by atoms with Gasteiger partial charge in [-0.05, 0) is 25.3 Å². The van der Waals surface area contributed by atoms with Crippen LogP contribution in [0, 0.1) is 11.3 Å². The van der Waals surface area contributed by atoms with Gasteiger partial charge in [-0.3, -0.25) is 0 Å². The van der Waals surface area contributed by atoms with E-state index in [1.807, 2.05) is 0 Å². The number of nitrogens with zero attached hydrogens (tertiary/aromatic N) is 4. The fourth-order valence-electron chi connectivity index (χ4n) is 1.80. The molecule has 0 saturated heterocycles. The molecule has 2 rings (SSSR count). The first-order chi connectivity index (χ1) is 7.86. The summed E-state index contributed by atoms with van der Waals surface area (Å²) in [6.45, 7) is 3.15. The standard InChI is InChI=1S/C12H16N4/c1-2-3-8-16(11-4-5-11)12-10(9-13)6-7-14-15-12/h6-7,11H,2-5,8H2,1H3. The molecule has 0 N–H and O–H groups in total. The lowest BCUT2D eigenvalue weighted by molar-refractivity contribution is 0.697. The summed E-state index contributed by atoms with van der Waals surface area (Å²) in [5.41, 5.74) is 0.637. The number of unbranched alkanes of at least 4 members (excludes halogenated alkanes) is 1. The van der Waals surface area contributed by atoms with E-state index >= 15 is 0 Å². The Bertz CT molecular complexity index is 392. The molecule has 0 aromatic carbocycles. The van der Waals surface area contributed by atoms with Gasteiger partial charge in [-0.2, -0.15) is 10.4 Å². The van der Waals surface area contributed by atoms with Crippen molar-refractivity contribution in [1.29, 1.82) is 5.26 Å². The average Bonchev–Trinajstić information content (AvgIpc) is 3.14. The maximum Gasteiger partial charge on any atom is 0.169 e. The lowest BCUT2D eigenvalue weighted by Crippen LogP contribution is -2.28. The van der Waals surface area contributed by atoms with Gasteiger partial charge >= 0.3 is 0 Å². The van der Waals surface area contributed by atoms with Gasteiger partial charge in [0.05, 0.1) is 11.8 Å². The molecular weight excluding hydrogens is 200 g/mol. The highest BCUT2D eigenvalue weighted by Crippen LogP contribution is 2.31. The Kier molecular flexibility index (Phi) is 3.35. The zero-order valence-electron chi connectivity index (χ0n) is 9.56. The van der Waals surface area contributed by atoms with E-state index in [2.05, 4.69) is 28.1 Å². The molecule has 1 saturated carbocycles. The Balaban J connectivity index is 2.20. The van der Waals surface area contributed by atoms with Gasteiger partial charge in [0, 0.05) is 12.6 Å². The van der Waals surface area contributed by atoms with Gasteiger partial charge < -0.3 is 4.90 Å². The zero-order chi connectivity index (χ0) is 11.4. The molecule has 4 heteroatoms. The summed E-state index contributed by atoms with van der Waals surface area (Å²) in [6.07, 6.45) is 6.30. The number of hydrogen-bond acceptors (Lipinski definition) is 4. The predicted octanol–water partition coefficient (Wildman–Crippen LogP) is 2.12. The topological polar surface area (TPSA) is 52.8 Å². The summed E-state index contributed by atoms with van der Waals surface area (Å²) in [6, 6.07) is 4.51. The van der Waals surface area contributed by atoms with Gasteiger partial charge in [-0.25, -0.2) is 0 Å². The first-order valence-corrected chi connectivity index (χ1v) is 5.85. The molecule has 0 radical (unpaired) electrons. The van der Waals surface area contributed by atoms with Crippen molar-refractivity contribution in [2.45, 2.75) is 38.6 Å². The van der Waals surface area contributed by atoms with Crippen LogP contribution in [0.15, 0.2) is 12.3 Å². The minimum atomic E-state index is 0.579. The molecule has 1 fully saturated rings. The van der Waals surface area contributed by atoms with Crippen molar-refractivity contribution in [2.75, 3.05) is 11.4 Å². The molecule has 1 aromatic heterocycles. The van der Waals surface area contributed by atoms with Crippen molar-refractivity contribution in [3.63, 3.8) is 0 Å². The van der Waals surface area contributed by atoms with Crippen LogP contribution in [0.25, 0.3) is 0 Å². The molecule has 0 bridgehead atoms. The summed E-state index contributed by atoms with van der Waals surface area (Å²) in [7, 11) is 0. The van der Waals surface area contributed by atoms with Gasteiger partial charge in [-0.1, -0.05) is 13.3 Å². The van der Waals surface area contributed by atoms with Crippen LogP contribution in [-0.2, 0) is 0 Å². The van der Waals surface area contributed by atoms with Crippen LogP contribution < -0.4 is 4.90 Å². The molecule has 1 aliphatic carbocycles. The number of aromatic nitrogens is 2. The average molecular weight is 216 g/mol. The van der Waals surface area contributed by atoms with E-state index in [0.717, 1.165) is 25.2 Å². The van der Waals surface area contributed by atoms with Crippen LogP contribution in [0.3, 0.4) is 0 Å². The summed E-state index contributed by atoms with van der Waals surface area (Å²) < 4.78 is 0. The molecule has 1 aliphatic rings. The lowest BCUT2D eigenvalue weighted by Gasteiger charge is -2.23. The highest BCUT2D eigenvalue weighted by atomic mass is 15.3. The van der Waals surface area contributed by atoms with Gasteiger partial charge in [0.15, 0.2) is 5.82 Å². The van der Waals surface area contributed by atoms with Crippen molar-refractivity contribution in [2.24, 2.45) is 0 Å². The van der Waals surface area contributed by atoms with Crippen molar-refractivity contribution >= 4 is 5.82 Å². The summed E-state index contributed by atoms with van der Waals surface area (Å²) in [5.74, 6) is 0.765. The highest BCUT2D eigenvalue weighted by molar-refractivity contribution is 5.53. The van der Waals surface area contributed by atoms with Crippen molar-refractivity contribution in [1.82, 2.24) is 10.2 Å². The normalized spacial score (nSPS) is 14.5. The number of hydrogen-bond donors (Lipinski definition) is 0. The zero-order valence-corrected chi connectivity index (χ0v) is 9.56. The fourth-order valence-corrected chi connectivity index (χ4v) is 1.80. The Morgan fingerprint density at radius 2 is 2.38 bits per heavy atom. The molecule has 1 aromatic rings. The molecule has 0 unspecified atom stereocenters. The third-order valence-electron chi connectivity index (χ3n) is 2.83. The van der Waals surface area contributed by atoms with Crippen molar-refractivity contribution in [3.8, 4) is 6.07 Å². The number of rotatable bonds is 5. The van der Waals surface area contributed by atoms with E-state index in [1.165, 1.54) is 12.8 Å². The Labute approximate surface area is 95.9 Å². The highest BCUT2D eigenvalue weighted by Gasteiger charge is 2.31. The minimum Gasteiger partial charge on any atom is -0.351 e. The van der Waals surface area contributed by atoms with Crippen LogP contribution >= 0.6 is 0 Å². The molecule has 4 nitrogen and oxygen atoms in total. The summed E-state index contributed by atoms with van der Waals surface area (Å²) >= 11 is 0. The van der Waals surface area contributed by atoms with Crippen LogP contribution in [-0.4, -0.2) is 22.8 Å². The maximum absolute atomic E-state index is 9.05. The van der Waals surface area contributed by atoms with E-state index in [1.54, 1.807) is 12.3 Å². The van der Waals surface area contributed by atoms with Crippen LogP contribution in [0.4, 0.5) is 5.82 Å². The summed E-state index contributed by atoms with van der Waals surface area (Å²) in [4.78, 5) is 2.25. The predicted molar refractivity (Wildman–Crippen MR) is 62.0 cm³/mol. The Hall–Kier alpha value is -1.63. The molecule has 16 heavy (non-hydrogen) atoms. The van der Waals surface area contributed by atoms with E-state index in [-0.39, 0.29) is 0 Å². The van der Waals surface area contributed by atoms with Crippen molar-refractivity contribution < 1.29 is 0 Å². The molecule has 0 atom stereocenters. The summed E-state index contributed by atoms with van der Waals surface area (Å²) in [5, 5.41) is 17.1. The van der Waals surface area contributed by atoms with Crippen molar-refractivity contribution in [3.05, 3.63) is 17.8 Å². The smallest absolute Gasteiger partial charge is 0.169 e. The van der Waals surface area contributed by atoms with E-state index in [9.17, 15) is 0 Å². The molecule has 0 aliphatic heterocycles. The number of nitriles is 1. The maximum atomic E-state index is 9.05. The Morgan fingerprint density at radius 1 is 1.56 bits per heavy atom. The molecule has 1 heterocycles.